The highest BCUT2D eigenvalue weighted by molar-refractivity contribution is 6.29. The number of hydrogen-bond donors (Lipinski definition) is 0. The average Bonchev–Trinajstić information content (AvgIpc) is 3.27. The lowest BCUT2D eigenvalue weighted by molar-refractivity contribution is -0.145. The first-order chi connectivity index (χ1) is 20.9. The Labute approximate surface area is 254 Å². The van der Waals surface area contributed by atoms with Crippen molar-refractivity contribution in [3.63, 3.8) is 0 Å². The van der Waals surface area contributed by atoms with E-state index >= 15 is 0 Å². The molecule has 43 heavy (non-hydrogen) atoms. The van der Waals surface area contributed by atoms with Crippen LogP contribution in [0.5, 0.6) is 5.75 Å². The molecule has 0 bridgehead atoms. The topological polar surface area (TPSA) is 82.6 Å². The normalized spacial score (nSPS) is 21.6. The Balaban J connectivity index is 1.17. The van der Waals surface area contributed by atoms with Crippen LogP contribution in [0.1, 0.15) is 83.7 Å². The molecule has 3 aliphatic carbocycles. The van der Waals surface area contributed by atoms with Gasteiger partial charge in [0.25, 0.3) is 0 Å². The number of benzene rings is 1. The number of pyridine rings is 1. The second-order valence-electron chi connectivity index (χ2n) is 12.0. The Bertz CT molecular complexity index is 1500. The zero-order chi connectivity index (χ0) is 30.3. The van der Waals surface area contributed by atoms with Crippen molar-refractivity contribution >= 4 is 28.4 Å². The van der Waals surface area contributed by atoms with E-state index in [-0.39, 0.29) is 29.4 Å². The summed E-state index contributed by atoms with van der Waals surface area (Å²) in [5.41, 5.74) is 3.34. The number of para-hydroxylation sites is 1. The van der Waals surface area contributed by atoms with Crippen LogP contribution in [-0.2, 0) is 19.1 Å². The third-order valence-electron chi connectivity index (χ3n) is 9.06. The maximum Gasteiger partial charge on any atom is 0.305 e. The van der Waals surface area contributed by atoms with Crippen molar-refractivity contribution in [2.45, 2.75) is 78.1 Å². The summed E-state index contributed by atoms with van der Waals surface area (Å²) in [5, 5.41) is 0.890. The lowest BCUT2D eigenvalue weighted by atomic mass is 9.74. The van der Waals surface area contributed by atoms with E-state index in [1.807, 2.05) is 55.5 Å². The van der Waals surface area contributed by atoms with Gasteiger partial charge >= 0.3 is 5.97 Å². The third-order valence-corrected chi connectivity index (χ3v) is 9.06. The van der Waals surface area contributed by atoms with E-state index in [1.165, 1.54) is 6.42 Å². The largest absolute Gasteiger partial charge is 0.491 e. The van der Waals surface area contributed by atoms with Crippen molar-refractivity contribution in [3.05, 3.63) is 83.1 Å². The summed E-state index contributed by atoms with van der Waals surface area (Å²) in [6.45, 7) is 7.37. The van der Waals surface area contributed by atoms with Crippen molar-refractivity contribution in [1.82, 2.24) is 4.98 Å². The second-order valence-corrected chi connectivity index (χ2v) is 12.0. The third kappa shape index (κ3) is 6.74. The summed E-state index contributed by atoms with van der Waals surface area (Å²) in [6, 6.07) is 9.44. The number of unbranched alkanes of at least 4 members (excludes halogenated alkanes) is 3. The predicted molar refractivity (Wildman–Crippen MR) is 169 cm³/mol. The molecule has 6 nitrogen and oxygen atoms in total. The van der Waals surface area contributed by atoms with Gasteiger partial charge in [0.1, 0.15) is 17.2 Å². The van der Waals surface area contributed by atoms with Crippen LogP contribution in [0.15, 0.2) is 77.4 Å². The quantitative estimate of drug-likeness (QED) is 0.129. The number of ketones is 2. The summed E-state index contributed by atoms with van der Waals surface area (Å²) in [5.74, 6) is -0.213. The molecule has 3 aliphatic rings. The molecular weight excluding hydrogens is 538 g/mol. The molecule has 1 aromatic carbocycles. The van der Waals surface area contributed by atoms with Gasteiger partial charge in [0, 0.05) is 28.9 Å². The van der Waals surface area contributed by atoms with Crippen LogP contribution in [0.2, 0.25) is 0 Å². The van der Waals surface area contributed by atoms with Crippen LogP contribution in [0.4, 0.5) is 0 Å². The van der Waals surface area contributed by atoms with E-state index in [0.717, 1.165) is 49.5 Å². The van der Waals surface area contributed by atoms with E-state index in [4.69, 9.17) is 14.5 Å². The fourth-order valence-corrected chi connectivity index (χ4v) is 6.42. The molecule has 0 amide bonds. The number of hydrogen-bond acceptors (Lipinski definition) is 6. The van der Waals surface area contributed by atoms with E-state index in [1.54, 1.807) is 6.07 Å². The summed E-state index contributed by atoms with van der Waals surface area (Å²) in [6.07, 6.45) is 17.3. The van der Waals surface area contributed by atoms with Gasteiger partial charge in [0.2, 0.25) is 0 Å². The van der Waals surface area contributed by atoms with E-state index < -0.39 is 5.92 Å². The molecule has 0 N–H and O–H groups in total. The fraction of sp³-hybridized carbons (Fsp3) is 0.459. The summed E-state index contributed by atoms with van der Waals surface area (Å²) < 4.78 is 11.6. The SMILES string of the molecule is CCCCC(CC)COC(=O)CCCCCOc1cccc2ccc(C3C(=O)C4=C(C3=O)C(C)C3C=CC=CC3=C4)nc12. The fourth-order valence-electron chi connectivity index (χ4n) is 6.42. The maximum absolute atomic E-state index is 13.7. The van der Waals surface area contributed by atoms with Crippen molar-refractivity contribution in [2.75, 3.05) is 13.2 Å². The molecule has 226 valence electrons. The van der Waals surface area contributed by atoms with Crippen molar-refractivity contribution < 1.29 is 23.9 Å². The second kappa shape index (κ2) is 14.1. The minimum absolute atomic E-state index is 0.0575. The molecule has 4 unspecified atom stereocenters. The molecule has 1 heterocycles. The first-order valence-corrected chi connectivity index (χ1v) is 16.0. The highest BCUT2D eigenvalue weighted by atomic mass is 16.5. The van der Waals surface area contributed by atoms with Gasteiger partial charge in [0.15, 0.2) is 11.6 Å². The molecule has 2 aromatic rings. The molecule has 4 atom stereocenters. The molecule has 6 heteroatoms. The van der Waals surface area contributed by atoms with Gasteiger partial charge in [0.05, 0.1) is 18.9 Å². The number of fused-ring (bicyclic) bond motifs is 2. The number of esters is 1. The summed E-state index contributed by atoms with van der Waals surface area (Å²) >= 11 is 0. The minimum atomic E-state index is -0.922. The highest BCUT2D eigenvalue weighted by Gasteiger charge is 2.47. The molecule has 0 aliphatic heterocycles. The number of ether oxygens (including phenoxy) is 2. The maximum atomic E-state index is 13.7. The van der Waals surface area contributed by atoms with Crippen molar-refractivity contribution in [2.24, 2.45) is 17.8 Å². The number of rotatable bonds is 14. The number of carbonyl (C=O) groups excluding carboxylic acids is 3. The van der Waals surface area contributed by atoms with Gasteiger partial charge in [-0.05, 0) is 61.3 Å². The molecule has 0 saturated heterocycles. The summed E-state index contributed by atoms with van der Waals surface area (Å²) in [4.78, 5) is 44.2. The lowest BCUT2D eigenvalue weighted by Gasteiger charge is -2.28. The van der Waals surface area contributed by atoms with Crippen LogP contribution in [0.25, 0.3) is 10.9 Å². The van der Waals surface area contributed by atoms with E-state index in [9.17, 15) is 14.4 Å². The monoisotopic (exact) mass is 581 g/mol. The van der Waals surface area contributed by atoms with E-state index in [2.05, 4.69) is 19.9 Å². The van der Waals surface area contributed by atoms with Crippen LogP contribution in [0, 0.1) is 17.8 Å². The Morgan fingerprint density at radius 2 is 1.86 bits per heavy atom. The Kier molecular flexibility index (Phi) is 10.1. The molecule has 0 radical (unpaired) electrons. The number of aromatic nitrogens is 1. The number of nitrogens with zero attached hydrogens (tertiary/aromatic N) is 1. The van der Waals surface area contributed by atoms with Gasteiger partial charge in [-0.2, -0.15) is 0 Å². The van der Waals surface area contributed by atoms with Crippen molar-refractivity contribution in [1.29, 1.82) is 0 Å². The average molecular weight is 582 g/mol. The van der Waals surface area contributed by atoms with Gasteiger partial charge in [-0.1, -0.05) is 82.5 Å². The first kappa shape index (κ1) is 30.7. The Morgan fingerprint density at radius 1 is 1.00 bits per heavy atom. The van der Waals surface area contributed by atoms with Gasteiger partial charge in [-0.25, -0.2) is 4.98 Å². The molecule has 5 rings (SSSR count). The van der Waals surface area contributed by atoms with Crippen molar-refractivity contribution in [3.8, 4) is 5.75 Å². The standard InChI is InChI=1S/C37H43NO5/c1-4-6-13-25(5-2)23-43-32(39)18-8-7-11-21-42-31-17-12-15-26-19-20-30(38-35(26)31)34-36(40)29-22-27-14-9-10-16-28(27)24(3)33(29)37(34)41/h9-10,12,14-17,19-20,22,24-25,28,34H,4-8,11,13,18,21,23H2,1-3H3. The molecule has 0 spiro atoms. The van der Waals surface area contributed by atoms with Gasteiger partial charge in [-0.3, -0.25) is 14.4 Å². The van der Waals surface area contributed by atoms with E-state index in [0.29, 0.717) is 53.7 Å². The highest BCUT2D eigenvalue weighted by Crippen LogP contribution is 2.45. The lowest BCUT2D eigenvalue weighted by Crippen LogP contribution is -2.23. The van der Waals surface area contributed by atoms with Crippen LogP contribution in [0.3, 0.4) is 0 Å². The zero-order valence-electron chi connectivity index (χ0n) is 25.6. The van der Waals surface area contributed by atoms with Crippen LogP contribution < -0.4 is 4.74 Å². The Morgan fingerprint density at radius 3 is 2.67 bits per heavy atom. The summed E-state index contributed by atoms with van der Waals surface area (Å²) in [7, 11) is 0. The molecule has 0 saturated carbocycles. The van der Waals surface area contributed by atoms with Gasteiger partial charge in [-0.15, -0.1) is 0 Å². The molecule has 1 aromatic heterocycles. The predicted octanol–water partition coefficient (Wildman–Crippen LogP) is 7.78. The first-order valence-electron chi connectivity index (χ1n) is 16.0. The van der Waals surface area contributed by atoms with Crippen LogP contribution >= 0.6 is 0 Å². The van der Waals surface area contributed by atoms with Gasteiger partial charge < -0.3 is 9.47 Å². The minimum Gasteiger partial charge on any atom is -0.491 e. The number of allylic oxidation sites excluding steroid dienone is 8. The van der Waals surface area contributed by atoms with Crippen LogP contribution in [-0.4, -0.2) is 35.7 Å². The number of Topliss-reactive ketones (excluding diaryl/α,β-unsaturated/α-hetero) is 2. The molecule has 0 fully saturated rings. The number of carbonyl (C=O) groups is 3. The Hall–Kier alpha value is -3.80. The molecular formula is C37H43NO5. The smallest absolute Gasteiger partial charge is 0.305 e. The zero-order valence-corrected chi connectivity index (χ0v) is 25.6.